The topological polar surface area (TPSA) is 72.2 Å². The summed E-state index contributed by atoms with van der Waals surface area (Å²) in [5, 5.41) is 16.0. The van der Waals surface area contributed by atoms with Crippen LogP contribution < -0.4 is 5.43 Å². The van der Waals surface area contributed by atoms with Crippen molar-refractivity contribution in [3.8, 4) is 11.4 Å². The van der Waals surface area contributed by atoms with E-state index in [2.05, 4.69) is 20.7 Å². The molecule has 0 aliphatic carbocycles. The van der Waals surface area contributed by atoms with Gasteiger partial charge in [0.05, 0.1) is 12.0 Å². The third-order valence-electron chi connectivity index (χ3n) is 4.47. The Morgan fingerprint density at radius 3 is 2.80 bits per heavy atom. The van der Waals surface area contributed by atoms with Crippen molar-refractivity contribution in [2.24, 2.45) is 12.1 Å². The summed E-state index contributed by atoms with van der Waals surface area (Å²) in [5.41, 5.74) is 4.38. The summed E-state index contributed by atoms with van der Waals surface area (Å²) < 4.78 is 1.84. The summed E-state index contributed by atoms with van der Waals surface area (Å²) in [6.45, 7) is 0. The molecule has 4 rings (SSSR count). The van der Waals surface area contributed by atoms with Crippen molar-refractivity contribution in [3.05, 3.63) is 77.3 Å². The SMILES string of the molecule is Cn1c(SCC(=O)N/N=C/c2cccc3ccccc23)nnc1-c1cccc(Cl)c1. The number of carbonyl (C=O) groups is 1. The molecule has 0 radical (unpaired) electrons. The van der Waals surface area contributed by atoms with Gasteiger partial charge in [0, 0.05) is 23.2 Å². The highest BCUT2D eigenvalue weighted by atomic mass is 35.5. The second-order valence-corrected chi connectivity index (χ2v) is 7.90. The maximum Gasteiger partial charge on any atom is 0.250 e. The molecule has 4 aromatic rings. The van der Waals surface area contributed by atoms with Gasteiger partial charge in [-0.05, 0) is 22.9 Å². The summed E-state index contributed by atoms with van der Waals surface area (Å²) in [4.78, 5) is 12.2. The fourth-order valence-corrected chi connectivity index (χ4v) is 3.91. The molecule has 30 heavy (non-hydrogen) atoms. The predicted octanol–water partition coefficient (Wildman–Crippen LogP) is 4.53. The number of amides is 1. The monoisotopic (exact) mass is 435 g/mol. The first kappa shape index (κ1) is 20.1. The van der Waals surface area contributed by atoms with Crippen molar-refractivity contribution >= 4 is 46.3 Å². The maximum absolute atomic E-state index is 12.2. The lowest BCUT2D eigenvalue weighted by Crippen LogP contribution is -2.19. The van der Waals surface area contributed by atoms with Crippen LogP contribution in [0.15, 0.2) is 77.0 Å². The molecule has 0 unspecified atom stereocenters. The summed E-state index contributed by atoms with van der Waals surface area (Å²) in [7, 11) is 1.86. The van der Waals surface area contributed by atoms with Crippen molar-refractivity contribution in [1.29, 1.82) is 0 Å². The summed E-state index contributed by atoms with van der Waals surface area (Å²) in [6, 6.07) is 21.4. The van der Waals surface area contributed by atoms with Gasteiger partial charge in [-0.1, -0.05) is 78.0 Å². The number of carbonyl (C=O) groups excluding carboxylic acids is 1. The van der Waals surface area contributed by atoms with Crippen LogP contribution in [0, 0.1) is 0 Å². The van der Waals surface area contributed by atoms with Gasteiger partial charge in [0.2, 0.25) is 0 Å². The van der Waals surface area contributed by atoms with Crippen molar-refractivity contribution in [2.75, 3.05) is 5.75 Å². The van der Waals surface area contributed by atoms with E-state index in [4.69, 9.17) is 11.6 Å². The number of hydrazone groups is 1. The highest BCUT2D eigenvalue weighted by Gasteiger charge is 2.13. The molecule has 0 aliphatic heterocycles. The Bertz CT molecular complexity index is 1230. The minimum Gasteiger partial charge on any atom is -0.305 e. The zero-order valence-electron chi connectivity index (χ0n) is 16.1. The van der Waals surface area contributed by atoms with Gasteiger partial charge in [-0.15, -0.1) is 10.2 Å². The molecule has 0 saturated carbocycles. The van der Waals surface area contributed by atoms with Gasteiger partial charge >= 0.3 is 0 Å². The lowest BCUT2D eigenvalue weighted by molar-refractivity contribution is -0.118. The number of thioether (sulfide) groups is 1. The van der Waals surface area contributed by atoms with Crippen LogP contribution in [0.25, 0.3) is 22.2 Å². The van der Waals surface area contributed by atoms with E-state index in [-0.39, 0.29) is 11.7 Å². The first-order chi connectivity index (χ1) is 14.6. The third-order valence-corrected chi connectivity index (χ3v) is 5.72. The molecule has 6 nitrogen and oxygen atoms in total. The van der Waals surface area contributed by atoms with E-state index in [9.17, 15) is 4.79 Å². The van der Waals surface area contributed by atoms with Crippen LogP contribution in [-0.4, -0.2) is 32.6 Å². The fourth-order valence-electron chi connectivity index (χ4n) is 3.02. The van der Waals surface area contributed by atoms with Crippen molar-refractivity contribution in [2.45, 2.75) is 5.16 Å². The quantitative estimate of drug-likeness (QED) is 0.274. The van der Waals surface area contributed by atoms with Gasteiger partial charge < -0.3 is 4.57 Å². The molecule has 8 heteroatoms. The molecule has 1 N–H and O–H groups in total. The minimum atomic E-state index is -0.219. The molecular weight excluding hydrogens is 418 g/mol. The molecule has 0 atom stereocenters. The molecule has 1 heterocycles. The minimum absolute atomic E-state index is 0.175. The van der Waals surface area contributed by atoms with Gasteiger partial charge in [-0.3, -0.25) is 4.79 Å². The Kier molecular flexibility index (Phi) is 6.11. The first-order valence-electron chi connectivity index (χ1n) is 9.19. The van der Waals surface area contributed by atoms with Gasteiger partial charge in [-0.2, -0.15) is 5.10 Å². The van der Waals surface area contributed by atoms with Gasteiger partial charge in [0.25, 0.3) is 5.91 Å². The standard InChI is InChI=1S/C22H18ClN5OS/c1-28-21(16-8-5-10-18(23)12-16)26-27-22(28)30-14-20(29)25-24-13-17-9-4-7-15-6-2-3-11-19(15)17/h2-13H,14H2,1H3,(H,25,29)/b24-13+. The molecule has 150 valence electrons. The Morgan fingerprint density at radius 2 is 1.93 bits per heavy atom. The summed E-state index contributed by atoms with van der Waals surface area (Å²) in [6.07, 6.45) is 1.66. The van der Waals surface area contributed by atoms with Crippen LogP contribution in [-0.2, 0) is 11.8 Å². The van der Waals surface area contributed by atoms with E-state index < -0.39 is 0 Å². The van der Waals surface area contributed by atoms with Gasteiger partial charge in [0.1, 0.15) is 0 Å². The highest BCUT2D eigenvalue weighted by molar-refractivity contribution is 7.99. The number of hydrogen-bond donors (Lipinski definition) is 1. The molecule has 0 bridgehead atoms. The summed E-state index contributed by atoms with van der Waals surface area (Å²) in [5.74, 6) is 0.646. The number of nitrogens with one attached hydrogen (secondary N) is 1. The maximum atomic E-state index is 12.2. The lowest BCUT2D eigenvalue weighted by Gasteiger charge is -2.04. The molecule has 0 fully saturated rings. The Labute approximate surface area is 183 Å². The average Bonchev–Trinajstić information content (AvgIpc) is 3.13. The predicted molar refractivity (Wildman–Crippen MR) is 122 cm³/mol. The molecule has 3 aromatic carbocycles. The first-order valence-corrected chi connectivity index (χ1v) is 10.6. The Morgan fingerprint density at radius 1 is 1.13 bits per heavy atom. The largest absolute Gasteiger partial charge is 0.305 e. The molecule has 0 aliphatic rings. The zero-order chi connectivity index (χ0) is 20.9. The Hall–Kier alpha value is -3.16. The molecule has 0 saturated heterocycles. The third kappa shape index (κ3) is 4.53. The summed E-state index contributed by atoms with van der Waals surface area (Å²) >= 11 is 7.35. The number of nitrogens with zero attached hydrogens (tertiary/aromatic N) is 4. The van der Waals surface area contributed by atoms with E-state index in [0.29, 0.717) is 16.0 Å². The molecule has 0 spiro atoms. The number of hydrogen-bond acceptors (Lipinski definition) is 5. The van der Waals surface area contributed by atoms with Crippen molar-refractivity contribution in [1.82, 2.24) is 20.2 Å². The van der Waals surface area contributed by atoms with E-state index >= 15 is 0 Å². The van der Waals surface area contributed by atoms with E-state index in [1.165, 1.54) is 11.8 Å². The molecular formula is C22H18ClN5OS. The van der Waals surface area contributed by atoms with Crippen LogP contribution in [0.5, 0.6) is 0 Å². The number of halogens is 1. The van der Waals surface area contributed by atoms with Crippen LogP contribution in [0.2, 0.25) is 5.02 Å². The van der Waals surface area contributed by atoms with E-state index in [0.717, 1.165) is 21.9 Å². The van der Waals surface area contributed by atoms with Gasteiger partial charge in [-0.25, -0.2) is 5.43 Å². The zero-order valence-corrected chi connectivity index (χ0v) is 17.7. The molecule has 1 aromatic heterocycles. The number of benzene rings is 3. The van der Waals surface area contributed by atoms with E-state index in [1.54, 1.807) is 12.3 Å². The lowest BCUT2D eigenvalue weighted by atomic mass is 10.1. The smallest absolute Gasteiger partial charge is 0.250 e. The highest BCUT2D eigenvalue weighted by Crippen LogP contribution is 2.24. The van der Waals surface area contributed by atoms with Gasteiger partial charge in [0.15, 0.2) is 11.0 Å². The Balaban J connectivity index is 1.37. The van der Waals surface area contributed by atoms with Crippen molar-refractivity contribution < 1.29 is 4.79 Å². The second kappa shape index (κ2) is 9.11. The fraction of sp³-hybridized carbons (Fsp3) is 0.0909. The molecule has 1 amide bonds. The number of fused-ring (bicyclic) bond motifs is 1. The van der Waals surface area contributed by atoms with E-state index in [1.807, 2.05) is 72.3 Å². The average molecular weight is 436 g/mol. The van der Waals surface area contributed by atoms with Crippen LogP contribution in [0.3, 0.4) is 0 Å². The van der Waals surface area contributed by atoms with Crippen LogP contribution in [0.1, 0.15) is 5.56 Å². The second-order valence-electron chi connectivity index (χ2n) is 6.53. The van der Waals surface area contributed by atoms with Crippen LogP contribution >= 0.6 is 23.4 Å². The van der Waals surface area contributed by atoms with Crippen molar-refractivity contribution in [3.63, 3.8) is 0 Å². The normalized spacial score (nSPS) is 11.3. The van der Waals surface area contributed by atoms with Crippen LogP contribution in [0.4, 0.5) is 0 Å². The number of rotatable bonds is 6. The number of aromatic nitrogens is 3.